The molecule has 2 aromatic rings. The third kappa shape index (κ3) is 4.31. The Kier molecular flexibility index (Phi) is 5.07. The molecule has 106 valence electrons. The number of nitrogens with zero attached hydrogens (tertiary/aromatic N) is 1. The molecule has 1 heterocycles. The fourth-order valence-corrected chi connectivity index (χ4v) is 1.73. The van der Waals surface area contributed by atoms with Gasteiger partial charge in [0.2, 0.25) is 5.88 Å². The van der Waals surface area contributed by atoms with Crippen molar-refractivity contribution in [2.24, 2.45) is 0 Å². The molecule has 0 aliphatic heterocycles. The molecule has 1 N–H and O–H groups in total. The number of aromatic nitrogens is 1. The second-order valence-corrected chi connectivity index (χ2v) is 4.92. The van der Waals surface area contributed by atoms with E-state index in [1.165, 1.54) is 6.07 Å². The van der Waals surface area contributed by atoms with E-state index >= 15 is 0 Å². The van der Waals surface area contributed by atoms with Gasteiger partial charge in [0, 0.05) is 30.4 Å². The molecule has 0 bridgehead atoms. The molecule has 20 heavy (non-hydrogen) atoms. The third-order valence-corrected chi connectivity index (χ3v) is 2.85. The molecule has 0 aliphatic carbocycles. The van der Waals surface area contributed by atoms with Gasteiger partial charge in [-0.1, -0.05) is 32.0 Å². The van der Waals surface area contributed by atoms with E-state index in [1.807, 2.05) is 12.1 Å². The van der Waals surface area contributed by atoms with Gasteiger partial charge in [0.05, 0.1) is 0 Å². The molecule has 0 saturated carbocycles. The molecule has 0 amide bonds. The largest absolute Gasteiger partial charge is 0.473 e. The summed E-state index contributed by atoms with van der Waals surface area (Å²) in [6.45, 7) is 5.13. The van der Waals surface area contributed by atoms with Gasteiger partial charge in [0.15, 0.2) is 0 Å². The van der Waals surface area contributed by atoms with Crippen LogP contribution < -0.4 is 10.1 Å². The lowest BCUT2D eigenvalue weighted by atomic mass is 10.2. The van der Waals surface area contributed by atoms with Gasteiger partial charge in [-0.3, -0.25) is 0 Å². The van der Waals surface area contributed by atoms with Crippen LogP contribution in [0, 0.1) is 5.82 Å². The van der Waals surface area contributed by atoms with Crippen molar-refractivity contribution in [3.05, 3.63) is 59.5 Å². The predicted octanol–water partition coefficient (Wildman–Crippen LogP) is 3.30. The fraction of sp³-hybridized carbons (Fsp3) is 0.312. The Labute approximate surface area is 118 Å². The Morgan fingerprint density at radius 3 is 2.80 bits per heavy atom. The van der Waals surface area contributed by atoms with E-state index in [0.717, 1.165) is 12.1 Å². The van der Waals surface area contributed by atoms with Gasteiger partial charge in [-0.2, -0.15) is 0 Å². The molecule has 0 unspecified atom stereocenters. The molecular formula is C16H19FN2O. The van der Waals surface area contributed by atoms with E-state index in [9.17, 15) is 4.39 Å². The van der Waals surface area contributed by atoms with Crippen molar-refractivity contribution in [1.82, 2.24) is 10.3 Å². The molecule has 1 aromatic carbocycles. The Balaban J connectivity index is 1.96. The number of halogens is 1. The van der Waals surface area contributed by atoms with Crippen LogP contribution in [0.3, 0.4) is 0 Å². The first-order valence-electron chi connectivity index (χ1n) is 6.69. The van der Waals surface area contributed by atoms with Crippen LogP contribution in [0.2, 0.25) is 0 Å². The van der Waals surface area contributed by atoms with Gasteiger partial charge in [-0.25, -0.2) is 9.37 Å². The zero-order valence-corrected chi connectivity index (χ0v) is 11.8. The maximum absolute atomic E-state index is 13.5. The minimum atomic E-state index is -0.259. The Morgan fingerprint density at radius 2 is 2.05 bits per heavy atom. The van der Waals surface area contributed by atoms with Crippen LogP contribution >= 0.6 is 0 Å². The number of pyridine rings is 1. The topological polar surface area (TPSA) is 34.2 Å². The fourth-order valence-electron chi connectivity index (χ4n) is 1.73. The minimum absolute atomic E-state index is 0.181. The number of hydrogen-bond acceptors (Lipinski definition) is 3. The van der Waals surface area contributed by atoms with Crippen LogP contribution in [0.15, 0.2) is 42.6 Å². The summed E-state index contributed by atoms with van der Waals surface area (Å²) in [6, 6.07) is 10.8. The van der Waals surface area contributed by atoms with Crippen molar-refractivity contribution < 1.29 is 9.13 Å². The highest BCUT2D eigenvalue weighted by Gasteiger charge is 2.03. The standard InChI is InChI=1S/C16H19FN2O/c1-12(2)19-10-13-7-8-18-16(9-13)20-11-14-5-3-4-6-15(14)17/h3-9,12,19H,10-11H2,1-2H3. The number of hydrogen-bond donors (Lipinski definition) is 1. The van der Waals surface area contributed by atoms with Crippen LogP contribution in [0.1, 0.15) is 25.0 Å². The van der Waals surface area contributed by atoms with Gasteiger partial charge < -0.3 is 10.1 Å². The van der Waals surface area contributed by atoms with Crippen LogP contribution in [-0.2, 0) is 13.2 Å². The van der Waals surface area contributed by atoms with Crippen molar-refractivity contribution in [2.75, 3.05) is 0 Å². The van der Waals surface area contributed by atoms with Crippen LogP contribution in [0.5, 0.6) is 5.88 Å². The SMILES string of the molecule is CC(C)NCc1ccnc(OCc2ccccc2F)c1. The lowest BCUT2D eigenvalue weighted by Crippen LogP contribution is -2.21. The van der Waals surface area contributed by atoms with Crippen molar-refractivity contribution in [3.8, 4) is 5.88 Å². The highest BCUT2D eigenvalue weighted by atomic mass is 19.1. The van der Waals surface area contributed by atoms with E-state index in [0.29, 0.717) is 17.5 Å². The summed E-state index contributed by atoms with van der Waals surface area (Å²) in [5.74, 6) is 0.251. The molecular weight excluding hydrogens is 255 g/mol. The Morgan fingerprint density at radius 1 is 1.25 bits per heavy atom. The number of ether oxygens (including phenoxy) is 1. The van der Waals surface area contributed by atoms with E-state index in [1.54, 1.807) is 24.4 Å². The van der Waals surface area contributed by atoms with Crippen molar-refractivity contribution in [1.29, 1.82) is 0 Å². The number of nitrogens with one attached hydrogen (secondary N) is 1. The lowest BCUT2D eigenvalue weighted by molar-refractivity contribution is 0.287. The Hall–Kier alpha value is -1.94. The van der Waals surface area contributed by atoms with Crippen LogP contribution in [0.4, 0.5) is 4.39 Å². The van der Waals surface area contributed by atoms with Gasteiger partial charge >= 0.3 is 0 Å². The highest BCUT2D eigenvalue weighted by Crippen LogP contribution is 2.13. The van der Waals surface area contributed by atoms with Crippen LogP contribution in [0.25, 0.3) is 0 Å². The van der Waals surface area contributed by atoms with E-state index in [-0.39, 0.29) is 12.4 Å². The maximum Gasteiger partial charge on any atom is 0.213 e. The van der Waals surface area contributed by atoms with E-state index in [2.05, 4.69) is 24.1 Å². The highest BCUT2D eigenvalue weighted by molar-refractivity contribution is 5.22. The first-order valence-corrected chi connectivity index (χ1v) is 6.69. The third-order valence-electron chi connectivity index (χ3n) is 2.85. The summed E-state index contributed by atoms with van der Waals surface area (Å²) in [4.78, 5) is 4.14. The van der Waals surface area contributed by atoms with Crippen LogP contribution in [-0.4, -0.2) is 11.0 Å². The zero-order chi connectivity index (χ0) is 14.4. The molecule has 0 fully saturated rings. The average Bonchev–Trinajstić information content (AvgIpc) is 2.45. The molecule has 0 spiro atoms. The van der Waals surface area contributed by atoms with Crippen molar-refractivity contribution in [2.45, 2.75) is 33.0 Å². The average molecular weight is 274 g/mol. The Bertz CT molecular complexity index is 558. The first kappa shape index (κ1) is 14.5. The summed E-state index contributed by atoms with van der Waals surface area (Å²) in [5.41, 5.74) is 1.62. The monoisotopic (exact) mass is 274 g/mol. The van der Waals surface area contributed by atoms with Gasteiger partial charge in [-0.05, 0) is 17.7 Å². The summed E-state index contributed by atoms with van der Waals surface area (Å²) in [5, 5.41) is 3.33. The second-order valence-electron chi connectivity index (χ2n) is 4.92. The molecule has 2 rings (SSSR count). The maximum atomic E-state index is 13.5. The molecule has 0 radical (unpaired) electrons. The molecule has 0 aliphatic rings. The van der Waals surface area contributed by atoms with Gasteiger partial charge in [0.25, 0.3) is 0 Å². The van der Waals surface area contributed by atoms with Gasteiger partial charge in [-0.15, -0.1) is 0 Å². The smallest absolute Gasteiger partial charge is 0.213 e. The molecule has 0 atom stereocenters. The van der Waals surface area contributed by atoms with E-state index < -0.39 is 0 Å². The number of rotatable bonds is 6. The molecule has 3 nitrogen and oxygen atoms in total. The van der Waals surface area contributed by atoms with Crippen molar-refractivity contribution >= 4 is 0 Å². The second kappa shape index (κ2) is 7.01. The van der Waals surface area contributed by atoms with Gasteiger partial charge in [0.1, 0.15) is 12.4 Å². The summed E-state index contributed by atoms with van der Waals surface area (Å²) < 4.78 is 19.0. The van der Waals surface area contributed by atoms with E-state index in [4.69, 9.17) is 4.74 Å². The summed E-state index contributed by atoms with van der Waals surface area (Å²) in [6.07, 6.45) is 1.70. The minimum Gasteiger partial charge on any atom is -0.473 e. The lowest BCUT2D eigenvalue weighted by Gasteiger charge is -2.10. The normalized spacial score (nSPS) is 10.8. The first-order chi connectivity index (χ1) is 9.65. The summed E-state index contributed by atoms with van der Waals surface area (Å²) in [7, 11) is 0. The molecule has 0 saturated heterocycles. The quantitative estimate of drug-likeness (QED) is 0.877. The van der Waals surface area contributed by atoms with Crippen molar-refractivity contribution in [3.63, 3.8) is 0 Å². The molecule has 1 aromatic heterocycles. The predicted molar refractivity (Wildman–Crippen MR) is 76.9 cm³/mol. The molecule has 4 heteroatoms. The summed E-state index contributed by atoms with van der Waals surface area (Å²) >= 11 is 0. The zero-order valence-electron chi connectivity index (χ0n) is 11.8. The number of benzene rings is 1.